The number of hydrogen-bond donors (Lipinski definition) is 2. The third-order valence-corrected chi connectivity index (χ3v) is 1.29. The topological polar surface area (TPSA) is 67.8 Å². The summed E-state index contributed by atoms with van der Waals surface area (Å²) in [6, 6.07) is 0. The number of ether oxygens (including phenoxy) is 1. The number of methoxy groups -OCH3 is 1. The van der Waals surface area contributed by atoms with Crippen molar-refractivity contribution in [3.8, 4) is 0 Å². The first-order chi connectivity index (χ1) is 5.54. The van der Waals surface area contributed by atoms with E-state index in [1.54, 1.807) is 6.92 Å². The van der Waals surface area contributed by atoms with Crippen molar-refractivity contribution in [1.29, 1.82) is 0 Å². The molecule has 5 heteroatoms. The zero-order valence-electron chi connectivity index (χ0n) is 7.59. The van der Waals surface area contributed by atoms with Crippen LogP contribution >= 0.6 is 0 Å². The van der Waals surface area contributed by atoms with Crippen molar-refractivity contribution < 1.29 is 19.5 Å². The van der Waals surface area contributed by atoms with Crippen molar-refractivity contribution in [3.05, 3.63) is 0 Å². The fourth-order valence-corrected chi connectivity index (χ4v) is 0.586. The minimum absolute atomic E-state index is 0.00745. The van der Waals surface area contributed by atoms with Gasteiger partial charge >= 0.3 is 5.97 Å². The number of carbonyl (C=O) groups excluding carboxylic acids is 1. The van der Waals surface area contributed by atoms with Gasteiger partial charge in [0, 0.05) is 0 Å². The third kappa shape index (κ3) is 3.66. The molecule has 0 aromatic heterocycles. The molecule has 0 spiro atoms. The Kier molecular flexibility index (Phi) is 4.80. The van der Waals surface area contributed by atoms with Crippen LogP contribution in [0.25, 0.3) is 0 Å². The molecule has 72 valence electrons. The SMILES string of the molecule is CCONCC(C)(O)C(=O)OC. The smallest absolute Gasteiger partial charge is 0.338 e. The van der Waals surface area contributed by atoms with Crippen LogP contribution in [0, 0.1) is 0 Å². The molecule has 0 aliphatic rings. The lowest BCUT2D eigenvalue weighted by Gasteiger charge is -2.19. The molecule has 5 nitrogen and oxygen atoms in total. The fourth-order valence-electron chi connectivity index (χ4n) is 0.586. The number of carbonyl (C=O) groups is 1. The second-order valence-electron chi connectivity index (χ2n) is 2.52. The van der Waals surface area contributed by atoms with Crippen molar-refractivity contribution in [2.24, 2.45) is 0 Å². The Balaban J connectivity index is 3.78. The Hall–Kier alpha value is -0.650. The van der Waals surface area contributed by atoms with E-state index in [0.717, 1.165) is 0 Å². The maximum Gasteiger partial charge on any atom is 0.338 e. The van der Waals surface area contributed by atoms with E-state index in [2.05, 4.69) is 10.2 Å². The van der Waals surface area contributed by atoms with E-state index in [1.165, 1.54) is 14.0 Å². The van der Waals surface area contributed by atoms with Crippen LogP contribution in [-0.4, -0.2) is 36.9 Å². The van der Waals surface area contributed by atoms with Crippen LogP contribution in [0.2, 0.25) is 0 Å². The molecule has 0 fully saturated rings. The van der Waals surface area contributed by atoms with E-state index < -0.39 is 11.6 Å². The molecule has 0 aliphatic carbocycles. The number of esters is 1. The van der Waals surface area contributed by atoms with Crippen molar-refractivity contribution >= 4 is 5.97 Å². The van der Waals surface area contributed by atoms with Crippen LogP contribution in [-0.2, 0) is 14.4 Å². The van der Waals surface area contributed by atoms with Gasteiger partial charge in [0.1, 0.15) is 0 Å². The summed E-state index contributed by atoms with van der Waals surface area (Å²) in [5.41, 5.74) is 0.902. The molecular formula is C7H15NO4. The molecular weight excluding hydrogens is 162 g/mol. The van der Waals surface area contributed by atoms with Crippen LogP contribution < -0.4 is 5.48 Å². The van der Waals surface area contributed by atoms with Gasteiger partial charge in [0.05, 0.1) is 20.3 Å². The van der Waals surface area contributed by atoms with Crippen LogP contribution in [0.1, 0.15) is 13.8 Å². The number of nitrogens with one attached hydrogen (secondary N) is 1. The highest BCUT2D eigenvalue weighted by atomic mass is 16.6. The van der Waals surface area contributed by atoms with E-state index >= 15 is 0 Å². The van der Waals surface area contributed by atoms with E-state index in [9.17, 15) is 9.90 Å². The predicted molar refractivity (Wildman–Crippen MR) is 42.3 cm³/mol. The fraction of sp³-hybridized carbons (Fsp3) is 0.857. The highest BCUT2D eigenvalue weighted by Crippen LogP contribution is 2.03. The molecule has 0 saturated heterocycles. The third-order valence-electron chi connectivity index (χ3n) is 1.29. The Morgan fingerprint density at radius 3 is 2.67 bits per heavy atom. The van der Waals surface area contributed by atoms with Crippen molar-refractivity contribution in [2.75, 3.05) is 20.3 Å². The molecule has 0 bridgehead atoms. The number of hydroxylamine groups is 1. The van der Waals surface area contributed by atoms with Crippen molar-refractivity contribution in [3.63, 3.8) is 0 Å². The number of aliphatic hydroxyl groups is 1. The molecule has 2 N–H and O–H groups in total. The van der Waals surface area contributed by atoms with Crippen LogP contribution in [0.4, 0.5) is 0 Å². The van der Waals surface area contributed by atoms with Crippen LogP contribution in [0.3, 0.4) is 0 Å². The summed E-state index contributed by atoms with van der Waals surface area (Å²) in [5, 5.41) is 9.39. The van der Waals surface area contributed by atoms with Gasteiger partial charge < -0.3 is 14.7 Å². The Bertz CT molecular complexity index is 146. The summed E-state index contributed by atoms with van der Waals surface area (Å²) < 4.78 is 4.36. The van der Waals surface area contributed by atoms with Crippen LogP contribution in [0.5, 0.6) is 0 Å². The van der Waals surface area contributed by atoms with Gasteiger partial charge in [-0.25, -0.2) is 4.79 Å². The molecule has 1 unspecified atom stereocenters. The summed E-state index contributed by atoms with van der Waals surface area (Å²) in [5.74, 6) is -0.685. The minimum atomic E-state index is -1.54. The Morgan fingerprint density at radius 2 is 2.25 bits per heavy atom. The maximum atomic E-state index is 10.9. The predicted octanol–water partition coefficient (Wildman–Crippen LogP) is -0.548. The van der Waals surface area contributed by atoms with E-state index in [0.29, 0.717) is 6.61 Å². The molecule has 0 saturated carbocycles. The summed E-state index contributed by atoms with van der Waals surface area (Å²) in [6.45, 7) is 3.62. The second-order valence-corrected chi connectivity index (χ2v) is 2.52. The molecule has 0 aliphatic heterocycles. The van der Waals surface area contributed by atoms with Gasteiger partial charge in [-0.1, -0.05) is 0 Å². The molecule has 0 aromatic carbocycles. The van der Waals surface area contributed by atoms with Crippen molar-refractivity contribution in [1.82, 2.24) is 5.48 Å². The second kappa shape index (κ2) is 5.08. The highest BCUT2D eigenvalue weighted by Gasteiger charge is 2.30. The Labute approximate surface area is 71.6 Å². The average Bonchev–Trinajstić information content (AvgIpc) is 2.03. The zero-order valence-corrected chi connectivity index (χ0v) is 7.59. The van der Waals surface area contributed by atoms with Crippen LogP contribution in [0.15, 0.2) is 0 Å². The number of hydrogen-bond acceptors (Lipinski definition) is 5. The molecule has 0 aromatic rings. The van der Waals surface area contributed by atoms with Gasteiger partial charge in [0.25, 0.3) is 0 Å². The minimum Gasteiger partial charge on any atom is -0.467 e. The summed E-state index contributed by atoms with van der Waals surface area (Å²) in [4.78, 5) is 15.6. The first-order valence-electron chi connectivity index (χ1n) is 3.70. The largest absolute Gasteiger partial charge is 0.467 e. The lowest BCUT2D eigenvalue weighted by Crippen LogP contribution is -2.45. The van der Waals surface area contributed by atoms with Crippen molar-refractivity contribution in [2.45, 2.75) is 19.4 Å². The lowest BCUT2D eigenvalue weighted by molar-refractivity contribution is -0.162. The molecule has 1 atom stereocenters. The van der Waals surface area contributed by atoms with Gasteiger partial charge in [0.2, 0.25) is 0 Å². The molecule has 0 amide bonds. The monoisotopic (exact) mass is 177 g/mol. The van der Waals surface area contributed by atoms with Gasteiger partial charge in [-0.3, -0.25) is 0 Å². The van der Waals surface area contributed by atoms with E-state index in [4.69, 9.17) is 4.84 Å². The normalized spacial score (nSPS) is 15.3. The van der Waals surface area contributed by atoms with E-state index in [1.807, 2.05) is 0 Å². The number of rotatable bonds is 5. The molecule has 0 radical (unpaired) electrons. The van der Waals surface area contributed by atoms with Gasteiger partial charge in [0.15, 0.2) is 5.60 Å². The first kappa shape index (κ1) is 11.4. The standard InChI is InChI=1S/C7H15NO4/c1-4-12-8-5-7(2,10)6(9)11-3/h8,10H,4-5H2,1-3H3. The van der Waals surface area contributed by atoms with Gasteiger partial charge in [-0.05, 0) is 13.8 Å². The lowest BCUT2D eigenvalue weighted by atomic mass is 10.1. The molecule has 0 heterocycles. The zero-order chi connectivity index (χ0) is 9.61. The summed E-state index contributed by atoms with van der Waals surface area (Å²) in [7, 11) is 1.22. The highest BCUT2D eigenvalue weighted by molar-refractivity contribution is 5.78. The maximum absolute atomic E-state index is 10.9. The quantitative estimate of drug-likeness (QED) is 0.335. The summed E-state index contributed by atoms with van der Waals surface area (Å²) in [6.07, 6.45) is 0. The average molecular weight is 177 g/mol. The first-order valence-corrected chi connectivity index (χ1v) is 3.70. The molecule has 0 rings (SSSR count). The van der Waals surface area contributed by atoms with Gasteiger partial charge in [-0.2, -0.15) is 5.48 Å². The molecule has 12 heavy (non-hydrogen) atoms. The Morgan fingerprint density at radius 1 is 1.67 bits per heavy atom. The summed E-state index contributed by atoms with van der Waals surface area (Å²) >= 11 is 0. The van der Waals surface area contributed by atoms with Gasteiger partial charge in [-0.15, -0.1) is 0 Å². The van der Waals surface area contributed by atoms with E-state index in [-0.39, 0.29) is 6.54 Å².